The molecule has 3 heteroatoms. The van der Waals surface area contributed by atoms with Crippen molar-refractivity contribution in [3.8, 4) is 0 Å². The van der Waals surface area contributed by atoms with Crippen LogP contribution >= 0.6 is 0 Å². The summed E-state index contributed by atoms with van der Waals surface area (Å²) in [4.78, 5) is 0. The number of aliphatic hydroxyl groups excluding tert-OH is 1. The molecule has 94 valence electrons. The molecule has 0 aromatic heterocycles. The van der Waals surface area contributed by atoms with Gasteiger partial charge in [0.2, 0.25) is 0 Å². The topological polar surface area (TPSA) is 38.7 Å². The Morgan fingerprint density at radius 3 is 2.53 bits per heavy atom. The van der Waals surface area contributed by atoms with Crippen LogP contribution in [0.2, 0.25) is 0 Å². The minimum absolute atomic E-state index is 0.135. The molecule has 0 saturated carbocycles. The fourth-order valence-corrected chi connectivity index (χ4v) is 1.95. The molecule has 2 rings (SSSR count). The Morgan fingerprint density at radius 2 is 1.88 bits per heavy atom. The van der Waals surface area contributed by atoms with Gasteiger partial charge in [-0.3, -0.25) is 0 Å². The van der Waals surface area contributed by atoms with E-state index in [1.54, 1.807) is 0 Å². The molecule has 1 aromatic rings. The molecule has 1 fully saturated rings. The molecule has 1 N–H and O–H groups in total. The zero-order valence-corrected chi connectivity index (χ0v) is 10.3. The van der Waals surface area contributed by atoms with E-state index in [0.717, 1.165) is 31.6 Å². The van der Waals surface area contributed by atoms with E-state index in [9.17, 15) is 5.11 Å². The van der Waals surface area contributed by atoms with Gasteiger partial charge in [-0.25, -0.2) is 0 Å². The average Bonchev–Trinajstić information content (AvgIpc) is 2.38. The van der Waals surface area contributed by atoms with Crippen molar-refractivity contribution >= 4 is 0 Å². The van der Waals surface area contributed by atoms with Gasteiger partial charge in [-0.15, -0.1) is 0 Å². The summed E-state index contributed by atoms with van der Waals surface area (Å²) in [5, 5.41) is 10.0. The molecule has 0 aliphatic carbocycles. The lowest BCUT2D eigenvalue weighted by atomic mass is 10.0. The molecule has 0 unspecified atom stereocenters. The number of ether oxygens (including phenoxy) is 2. The molecular formula is C14H20O3. The first-order chi connectivity index (χ1) is 8.25. The Labute approximate surface area is 102 Å². The molecule has 1 aliphatic rings. The van der Waals surface area contributed by atoms with Gasteiger partial charge in [-0.05, 0) is 25.3 Å². The Hall–Kier alpha value is -0.900. The fraction of sp³-hybridized carbons (Fsp3) is 0.571. The van der Waals surface area contributed by atoms with Crippen LogP contribution in [-0.4, -0.2) is 24.6 Å². The number of hydrogen-bond acceptors (Lipinski definition) is 3. The van der Waals surface area contributed by atoms with Gasteiger partial charge in [-0.1, -0.05) is 29.8 Å². The maximum Gasteiger partial charge on any atom is 0.157 e. The molecule has 17 heavy (non-hydrogen) atoms. The van der Waals surface area contributed by atoms with Gasteiger partial charge in [0, 0.05) is 6.42 Å². The van der Waals surface area contributed by atoms with E-state index in [1.165, 1.54) is 5.56 Å². The molecule has 0 bridgehead atoms. The van der Waals surface area contributed by atoms with Gasteiger partial charge < -0.3 is 14.6 Å². The van der Waals surface area contributed by atoms with E-state index < -0.39 is 6.10 Å². The Kier molecular flexibility index (Phi) is 4.54. The van der Waals surface area contributed by atoms with E-state index in [0.29, 0.717) is 6.42 Å². The first-order valence-corrected chi connectivity index (χ1v) is 6.23. The molecule has 0 radical (unpaired) electrons. The molecule has 0 spiro atoms. The van der Waals surface area contributed by atoms with Crippen LogP contribution in [-0.2, 0) is 9.47 Å². The summed E-state index contributed by atoms with van der Waals surface area (Å²) >= 11 is 0. The van der Waals surface area contributed by atoms with Crippen molar-refractivity contribution in [2.24, 2.45) is 0 Å². The van der Waals surface area contributed by atoms with Crippen molar-refractivity contribution in [3.63, 3.8) is 0 Å². The molecule has 1 heterocycles. The van der Waals surface area contributed by atoms with Crippen molar-refractivity contribution in [3.05, 3.63) is 35.4 Å². The van der Waals surface area contributed by atoms with Crippen LogP contribution in [0.4, 0.5) is 0 Å². The lowest BCUT2D eigenvalue weighted by Crippen LogP contribution is -2.25. The molecule has 1 aliphatic heterocycles. The third-order valence-corrected chi connectivity index (χ3v) is 3.03. The highest BCUT2D eigenvalue weighted by atomic mass is 16.7. The van der Waals surface area contributed by atoms with Crippen molar-refractivity contribution in [2.75, 3.05) is 13.2 Å². The summed E-state index contributed by atoms with van der Waals surface area (Å²) in [5.41, 5.74) is 2.17. The number of aliphatic hydroxyl groups is 1. The Morgan fingerprint density at radius 1 is 1.24 bits per heavy atom. The average molecular weight is 236 g/mol. The molecular weight excluding hydrogens is 216 g/mol. The SMILES string of the molecule is Cc1ccc([C@@H](O)CCC2OCCCO2)cc1. The van der Waals surface area contributed by atoms with Crippen LogP contribution in [0.3, 0.4) is 0 Å². The zero-order valence-electron chi connectivity index (χ0n) is 10.3. The van der Waals surface area contributed by atoms with Gasteiger partial charge in [0.05, 0.1) is 19.3 Å². The molecule has 1 aromatic carbocycles. The summed E-state index contributed by atoms with van der Waals surface area (Å²) in [6.45, 7) is 3.58. The van der Waals surface area contributed by atoms with Gasteiger partial charge in [0.25, 0.3) is 0 Å². The van der Waals surface area contributed by atoms with E-state index in [2.05, 4.69) is 0 Å². The second-order valence-electron chi connectivity index (χ2n) is 4.53. The number of hydrogen-bond donors (Lipinski definition) is 1. The van der Waals surface area contributed by atoms with Crippen molar-refractivity contribution in [1.29, 1.82) is 0 Å². The van der Waals surface area contributed by atoms with E-state index in [4.69, 9.17) is 9.47 Å². The fourth-order valence-electron chi connectivity index (χ4n) is 1.95. The first kappa shape index (κ1) is 12.6. The van der Waals surface area contributed by atoms with Gasteiger partial charge in [0.1, 0.15) is 0 Å². The van der Waals surface area contributed by atoms with E-state index in [-0.39, 0.29) is 6.29 Å². The van der Waals surface area contributed by atoms with E-state index in [1.807, 2.05) is 31.2 Å². The monoisotopic (exact) mass is 236 g/mol. The second kappa shape index (κ2) is 6.15. The predicted molar refractivity (Wildman–Crippen MR) is 65.7 cm³/mol. The molecule has 1 saturated heterocycles. The van der Waals surface area contributed by atoms with Crippen LogP contribution in [0.15, 0.2) is 24.3 Å². The first-order valence-electron chi connectivity index (χ1n) is 6.23. The smallest absolute Gasteiger partial charge is 0.157 e. The molecule has 3 nitrogen and oxygen atoms in total. The maximum atomic E-state index is 10.0. The van der Waals surface area contributed by atoms with Crippen LogP contribution in [0.1, 0.15) is 36.5 Å². The molecule has 1 atom stereocenters. The summed E-state index contributed by atoms with van der Waals surface area (Å²) in [6.07, 6.45) is 1.83. The lowest BCUT2D eigenvalue weighted by molar-refractivity contribution is -0.183. The summed E-state index contributed by atoms with van der Waals surface area (Å²) in [5.74, 6) is 0. The van der Waals surface area contributed by atoms with Crippen molar-refractivity contribution < 1.29 is 14.6 Å². The summed E-state index contributed by atoms with van der Waals surface area (Å²) in [6, 6.07) is 7.99. The quantitative estimate of drug-likeness (QED) is 0.873. The minimum atomic E-state index is -0.426. The highest BCUT2D eigenvalue weighted by Gasteiger charge is 2.16. The largest absolute Gasteiger partial charge is 0.388 e. The van der Waals surface area contributed by atoms with E-state index >= 15 is 0 Å². The normalized spacial score (nSPS) is 19.2. The predicted octanol–water partition coefficient (Wildman–Crippen LogP) is 2.57. The third kappa shape index (κ3) is 3.80. The number of aryl methyl sites for hydroxylation is 1. The van der Waals surface area contributed by atoms with Crippen LogP contribution in [0.25, 0.3) is 0 Å². The minimum Gasteiger partial charge on any atom is -0.388 e. The lowest BCUT2D eigenvalue weighted by Gasteiger charge is -2.24. The van der Waals surface area contributed by atoms with Gasteiger partial charge in [-0.2, -0.15) is 0 Å². The van der Waals surface area contributed by atoms with Gasteiger partial charge >= 0.3 is 0 Å². The summed E-state index contributed by atoms with van der Waals surface area (Å²) < 4.78 is 10.9. The van der Waals surface area contributed by atoms with Crippen LogP contribution < -0.4 is 0 Å². The summed E-state index contributed by atoms with van der Waals surface area (Å²) in [7, 11) is 0. The van der Waals surface area contributed by atoms with Gasteiger partial charge in [0.15, 0.2) is 6.29 Å². The van der Waals surface area contributed by atoms with Crippen molar-refractivity contribution in [2.45, 2.75) is 38.6 Å². The maximum absolute atomic E-state index is 10.0. The number of rotatable bonds is 4. The molecule has 0 amide bonds. The van der Waals surface area contributed by atoms with Crippen LogP contribution in [0.5, 0.6) is 0 Å². The standard InChI is InChI=1S/C14H20O3/c1-11-3-5-12(6-4-11)13(15)7-8-14-16-9-2-10-17-14/h3-6,13-15H,2,7-10H2,1H3/t13-/m0/s1. The highest BCUT2D eigenvalue weighted by Crippen LogP contribution is 2.21. The highest BCUT2D eigenvalue weighted by molar-refractivity contribution is 5.22. The Bertz CT molecular complexity index is 328. The third-order valence-electron chi connectivity index (χ3n) is 3.03. The zero-order chi connectivity index (χ0) is 12.1. The van der Waals surface area contributed by atoms with Crippen molar-refractivity contribution in [1.82, 2.24) is 0 Å². The second-order valence-corrected chi connectivity index (χ2v) is 4.53. The Balaban J connectivity index is 1.80. The van der Waals surface area contributed by atoms with Crippen LogP contribution in [0, 0.1) is 6.92 Å². The number of benzene rings is 1.